The second kappa shape index (κ2) is 9.43. The molecule has 0 aromatic carbocycles. The SMILES string of the molecule is CC1(C)C(N)=N[C@](C)(c2nc(NC(=O)c3ccc(OCC(F)(F)C(F)F)cn3)ccc2F)[C@@H]2CCN=S21=O. The Morgan fingerprint density at radius 1 is 1.26 bits per heavy atom. The van der Waals surface area contributed by atoms with E-state index < -0.39 is 55.9 Å². The standard InChI is InChI=1S/C23H25F5N6O3S/c1-21(2)20(29)34-22(3,15-8-9-31-38(15,21)36)17-13(24)5-7-16(32-17)33-18(35)14-6-4-12(10-30-14)37-11-23(27,28)19(25)26/h4-7,10,15,19H,8-9,11H2,1-3H3,(H2,29,34)(H,32,33,35)/t15-,22-,38?/m0/s1. The molecule has 2 aliphatic rings. The van der Waals surface area contributed by atoms with Crippen LogP contribution in [0.4, 0.5) is 27.8 Å². The van der Waals surface area contributed by atoms with E-state index in [1.54, 1.807) is 20.8 Å². The molecule has 0 spiro atoms. The third-order valence-corrected chi connectivity index (χ3v) is 10.4. The molecule has 0 saturated heterocycles. The number of alkyl halides is 4. The number of halogens is 5. The van der Waals surface area contributed by atoms with Gasteiger partial charge in [0, 0.05) is 6.54 Å². The van der Waals surface area contributed by atoms with Crippen molar-refractivity contribution >= 4 is 27.3 Å². The number of anilines is 1. The number of nitrogens with two attached hydrogens (primary N) is 1. The van der Waals surface area contributed by atoms with Crippen molar-refractivity contribution in [2.24, 2.45) is 15.1 Å². The van der Waals surface area contributed by atoms with Crippen molar-refractivity contribution in [2.45, 2.75) is 55.1 Å². The molecule has 0 fully saturated rings. The number of fused-ring (bicyclic) bond motifs is 1. The van der Waals surface area contributed by atoms with Crippen LogP contribution >= 0.6 is 0 Å². The molecule has 4 heterocycles. The largest absolute Gasteiger partial charge is 0.485 e. The fourth-order valence-electron chi connectivity index (χ4n) is 4.37. The molecule has 3 N–H and O–H groups in total. The third-order valence-electron chi connectivity index (χ3n) is 6.67. The summed E-state index contributed by atoms with van der Waals surface area (Å²) in [7, 11) is -2.93. The molecule has 2 aliphatic heterocycles. The zero-order chi connectivity index (χ0) is 28.1. The fraction of sp³-hybridized carbons (Fsp3) is 0.478. The maximum atomic E-state index is 15.1. The van der Waals surface area contributed by atoms with E-state index >= 15 is 4.39 Å². The monoisotopic (exact) mass is 560 g/mol. The Hall–Kier alpha value is -3.36. The molecule has 2 aromatic rings. The molecule has 0 radical (unpaired) electrons. The van der Waals surface area contributed by atoms with Gasteiger partial charge in [-0.3, -0.25) is 9.79 Å². The van der Waals surface area contributed by atoms with Crippen LogP contribution < -0.4 is 15.8 Å². The number of pyridine rings is 2. The van der Waals surface area contributed by atoms with E-state index in [2.05, 4.69) is 29.4 Å². The lowest BCUT2D eigenvalue weighted by atomic mass is 9.89. The molecule has 3 atom stereocenters. The number of aliphatic imine (C=N–C) groups is 1. The molecule has 2 aromatic heterocycles. The summed E-state index contributed by atoms with van der Waals surface area (Å²) in [5.41, 5.74) is 4.41. The summed E-state index contributed by atoms with van der Waals surface area (Å²) in [6.07, 6.45) is -2.59. The first-order valence-electron chi connectivity index (χ1n) is 11.4. The predicted octanol–water partition coefficient (Wildman–Crippen LogP) is 3.75. The number of hydrogen-bond donors (Lipinski definition) is 2. The number of carbonyl (C=O) groups is 1. The van der Waals surface area contributed by atoms with Gasteiger partial charge in [-0.2, -0.15) is 8.78 Å². The second-order valence-corrected chi connectivity index (χ2v) is 12.5. The number of aromatic nitrogens is 2. The van der Waals surface area contributed by atoms with Crippen LogP contribution in [0, 0.1) is 5.82 Å². The molecule has 38 heavy (non-hydrogen) atoms. The lowest BCUT2D eigenvalue weighted by molar-refractivity contribution is -0.148. The average molecular weight is 561 g/mol. The molecular weight excluding hydrogens is 535 g/mol. The number of hydrogen-bond acceptors (Lipinski definition) is 8. The second-order valence-electron chi connectivity index (χ2n) is 9.56. The summed E-state index contributed by atoms with van der Waals surface area (Å²) in [5.74, 6) is -6.13. The Bertz CT molecular complexity index is 1410. The van der Waals surface area contributed by atoms with Gasteiger partial charge in [0.1, 0.15) is 44.9 Å². The van der Waals surface area contributed by atoms with Crippen LogP contribution in [0.1, 0.15) is 43.4 Å². The summed E-state index contributed by atoms with van der Waals surface area (Å²) in [4.78, 5) is 25.2. The van der Waals surface area contributed by atoms with Gasteiger partial charge in [-0.05, 0) is 51.5 Å². The first-order valence-corrected chi connectivity index (χ1v) is 13.0. The highest BCUT2D eigenvalue weighted by Crippen LogP contribution is 2.47. The Labute approximate surface area is 215 Å². The van der Waals surface area contributed by atoms with Crippen LogP contribution in [0.2, 0.25) is 0 Å². The van der Waals surface area contributed by atoms with Crippen LogP contribution in [0.25, 0.3) is 0 Å². The van der Waals surface area contributed by atoms with Gasteiger partial charge in [-0.25, -0.2) is 31.7 Å². The van der Waals surface area contributed by atoms with E-state index in [9.17, 15) is 26.6 Å². The molecule has 1 unspecified atom stereocenters. The van der Waals surface area contributed by atoms with Crippen LogP contribution in [-0.2, 0) is 15.3 Å². The first kappa shape index (κ1) is 27.7. The van der Waals surface area contributed by atoms with E-state index in [1.807, 2.05) is 0 Å². The lowest BCUT2D eigenvalue weighted by Crippen LogP contribution is -2.58. The van der Waals surface area contributed by atoms with E-state index in [-0.39, 0.29) is 28.8 Å². The number of ether oxygens (including phenoxy) is 1. The summed E-state index contributed by atoms with van der Waals surface area (Å²) < 4.78 is 87.5. The maximum absolute atomic E-state index is 15.1. The zero-order valence-electron chi connectivity index (χ0n) is 20.6. The van der Waals surface area contributed by atoms with Gasteiger partial charge in [-0.1, -0.05) is 0 Å². The van der Waals surface area contributed by atoms with Crippen molar-refractivity contribution in [3.8, 4) is 5.75 Å². The summed E-state index contributed by atoms with van der Waals surface area (Å²) >= 11 is 0. The Morgan fingerprint density at radius 3 is 2.61 bits per heavy atom. The minimum atomic E-state index is -4.35. The van der Waals surface area contributed by atoms with Crippen molar-refractivity contribution in [3.05, 3.63) is 47.7 Å². The normalized spacial score (nSPS) is 26.3. The number of rotatable bonds is 7. The van der Waals surface area contributed by atoms with Gasteiger partial charge in [0.25, 0.3) is 5.91 Å². The minimum absolute atomic E-state index is 0.0559. The van der Waals surface area contributed by atoms with Gasteiger partial charge >= 0.3 is 12.3 Å². The van der Waals surface area contributed by atoms with Gasteiger partial charge in [0.2, 0.25) is 0 Å². The van der Waals surface area contributed by atoms with E-state index in [1.165, 1.54) is 6.07 Å². The van der Waals surface area contributed by atoms with E-state index in [0.717, 1.165) is 24.4 Å². The van der Waals surface area contributed by atoms with Crippen molar-refractivity contribution in [1.29, 1.82) is 0 Å². The van der Waals surface area contributed by atoms with Crippen molar-refractivity contribution in [1.82, 2.24) is 9.97 Å². The quantitative estimate of drug-likeness (QED) is 0.496. The topological polar surface area (TPSA) is 132 Å². The number of nitrogens with zero attached hydrogens (tertiary/aromatic N) is 4. The van der Waals surface area contributed by atoms with E-state index in [0.29, 0.717) is 13.0 Å². The van der Waals surface area contributed by atoms with E-state index in [4.69, 9.17) is 5.73 Å². The highest BCUT2D eigenvalue weighted by atomic mass is 32.2. The third kappa shape index (κ3) is 4.56. The van der Waals surface area contributed by atoms with Gasteiger partial charge < -0.3 is 15.8 Å². The molecule has 0 aliphatic carbocycles. The highest BCUT2D eigenvalue weighted by molar-refractivity contribution is 7.96. The molecule has 9 nitrogen and oxygen atoms in total. The van der Waals surface area contributed by atoms with Crippen LogP contribution in [0.5, 0.6) is 5.75 Å². The van der Waals surface area contributed by atoms with Crippen molar-refractivity contribution < 1.29 is 35.7 Å². The van der Waals surface area contributed by atoms with Gasteiger partial charge in [0.15, 0.2) is 6.61 Å². The molecule has 0 saturated carbocycles. The lowest BCUT2D eigenvalue weighted by Gasteiger charge is -2.44. The predicted molar refractivity (Wildman–Crippen MR) is 130 cm³/mol. The average Bonchev–Trinajstić information content (AvgIpc) is 3.28. The van der Waals surface area contributed by atoms with Crippen LogP contribution in [0.3, 0.4) is 0 Å². The molecule has 1 amide bonds. The summed E-state index contributed by atoms with van der Waals surface area (Å²) in [5, 5.41) is 1.79. The minimum Gasteiger partial charge on any atom is -0.485 e. The first-order chi connectivity index (χ1) is 17.6. The maximum Gasteiger partial charge on any atom is 0.340 e. The Balaban J connectivity index is 1.57. The molecule has 4 rings (SSSR count). The molecule has 15 heteroatoms. The Kier molecular flexibility index (Phi) is 6.87. The summed E-state index contributed by atoms with van der Waals surface area (Å²) in [6, 6.07) is 4.52. The number of carbonyl (C=O) groups excluding carboxylic acids is 1. The molecule has 206 valence electrons. The zero-order valence-corrected chi connectivity index (χ0v) is 21.4. The van der Waals surface area contributed by atoms with Gasteiger partial charge in [0.05, 0.1) is 21.2 Å². The van der Waals surface area contributed by atoms with Gasteiger partial charge in [-0.15, -0.1) is 0 Å². The number of amides is 1. The number of amidine groups is 1. The fourth-order valence-corrected chi connectivity index (χ4v) is 7.51. The molecular formula is C23H25F5N6O3S. The van der Waals surface area contributed by atoms with Crippen molar-refractivity contribution in [3.63, 3.8) is 0 Å². The van der Waals surface area contributed by atoms with Crippen molar-refractivity contribution in [2.75, 3.05) is 18.5 Å². The van der Waals surface area contributed by atoms with Crippen LogP contribution in [0.15, 0.2) is 39.8 Å². The summed E-state index contributed by atoms with van der Waals surface area (Å²) in [6.45, 7) is 3.68. The highest BCUT2D eigenvalue weighted by Gasteiger charge is 2.57. The Morgan fingerprint density at radius 2 is 1.97 bits per heavy atom. The molecule has 0 bridgehead atoms. The smallest absolute Gasteiger partial charge is 0.340 e. The van der Waals surface area contributed by atoms with Crippen LogP contribution in [-0.4, -0.2) is 61.4 Å². The number of nitrogens with one attached hydrogen (secondary N) is 1.